The van der Waals surface area contributed by atoms with Gasteiger partial charge in [0.1, 0.15) is 11.4 Å². The first kappa shape index (κ1) is 12.0. The lowest BCUT2D eigenvalue weighted by molar-refractivity contribution is 0.397. The zero-order valence-electron chi connectivity index (χ0n) is 9.08. The summed E-state index contributed by atoms with van der Waals surface area (Å²) in [6.07, 6.45) is 3.56. The Kier molecular flexibility index (Phi) is 3.41. The molecule has 0 aliphatic carbocycles. The molecule has 3 nitrogen and oxygen atoms in total. The van der Waals surface area contributed by atoms with Crippen molar-refractivity contribution in [2.45, 2.75) is 6.92 Å². The Morgan fingerprint density at radius 2 is 2.06 bits per heavy atom. The predicted octanol–water partition coefficient (Wildman–Crippen LogP) is 4.04. The lowest BCUT2D eigenvalue weighted by Crippen LogP contribution is -1.87. The van der Waals surface area contributed by atoms with Crippen LogP contribution in [0.1, 0.15) is 17.0 Å². The van der Waals surface area contributed by atoms with Crippen molar-refractivity contribution in [3.63, 3.8) is 0 Å². The fourth-order valence-corrected chi connectivity index (χ4v) is 1.79. The lowest BCUT2D eigenvalue weighted by Gasteiger charge is -1.98. The average Bonchev–Trinajstić information content (AvgIpc) is 2.59. The van der Waals surface area contributed by atoms with Crippen LogP contribution < -0.4 is 5.73 Å². The topological polar surface area (TPSA) is 52.0 Å². The number of aromatic nitrogens is 1. The second-order valence-electron chi connectivity index (χ2n) is 3.54. The van der Waals surface area contributed by atoms with Gasteiger partial charge in [0.05, 0.1) is 0 Å². The molecule has 0 saturated heterocycles. The van der Waals surface area contributed by atoms with E-state index in [0.29, 0.717) is 27.2 Å². The van der Waals surface area contributed by atoms with E-state index in [4.69, 9.17) is 33.5 Å². The van der Waals surface area contributed by atoms with Crippen LogP contribution in [0.15, 0.2) is 22.7 Å². The Morgan fingerprint density at radius 3 is 2.65 bits per heavy atom. The summed E-state index contributed by atoms with van der Waals surface area (Å²) in [6.45, 7) is 1.76. The maximum absolute atomic E-state index is 6.03. The molecule has 1 aromatic carbocycles. The van der Waals surface area contributed by atoms with Gasteiger partial charge in [-0.15, -0.1) is 0 Å². The van der Waals surface area contributed by atoms with Gasteiger partial charge in [-0.1, -0.05) is 40.5 Å². The number of rotatable bonds is 2. The molecule has 0 bridgehead atoms. The Bertz CT molecular complexity index is 576. The number of anilines is 1. The highest BCUT2D eigenvalue weighted by atomic mass is 35.5. The van der Waals surface area contributed by atoms with Crippen LogP contribution in [0.3, 0.4) is 0 Å². The van der Waals surface area contributed by atoms with Gasteiger partial charge in [0.2, 0.25) is 0 Å². The van der Waals surface area contributed by atoms with Crippen LogP contribution in [0.5, 0.6) is 0 Å². The summed E-state index contributed by atoms with van der Waals surface area (Å²) in [5.41, 5.74) is 7.74. The van der Waals surface area contributed by atoms with Gasteiger partial charge in [0.15, 0.2) is 5.76 Å². The van der Waals surface area contributed by atoms with Crippen molar-refractivity contribution in [3.05, 3.63) is 45.3 Å². The lowest BCUT2D eigenvalue weighted by atomic mass is 10.2. The van der Waals surface area contributed by atoms with E-state index < -0.39 is 0 Å². The van der Waals surface area contributed by atoms with Gasteiger partial charge in [0.25, 0.3) is 0 Å². The zero-order valence-corrected chi connectivity index (χ0v) is 10.6. The van der Waals surface area contributed by atoms with E-state index in [1.165, 1.54) is 0 Å². The van der Waals surface area contributed by atoms with Crippen molar-refractivity contribution in [1.82, 2.24) is 5.16 Å². The smallest absolute Gasteiger partial charge is 0.157 e. The zero-order chi connectivity index (χ0) is 12.4. The quantitative estimate of drug-likeness (QED) is 0.894. The molecule has 0 amide bonds. The minimum Gasteiger partial charge on any atom is -0.394 e. The third kappa shape index (κ3) is 2.62. The molecule has 0 saturated carbocycles. The molecule has 0 aliphatic rings. The molecule has 88 valence electrons. The molecular formula is C12H10Cl2N2O. The second kappa shape index (κ2) is 4.82. The number of nitrogen functional groups attached to an aromatic ring is 1. The van der Waals surface area contributed by atoms with Crippen molar-refractivity contribution < 1.29 is 4.52 Å². The Hall–Kier alpha value is -1.45. The van der Waals surface area contributed by atoms with Gasteiger partial charge in [-0.3, -0.25) is 0 Å². The van der Waals surface area contributed by atoms with Crippen LogP contribution in [0.25, 0.3) is 12.2 Å². The summed E-state index contributed by atoms with van der Waals surface area (Å²) < 4.78 is 4.95. The molecule has 0 radical (unpaired) electrons. The molecular weight excluding hydrogens is 259 g/mol. The summed E-state index contributed by atoms with van der Waals surface area (Å²) in [4.78, 5) is 0. The second-order valence-corrected chi connectivity index (χ2v) is 4.38. The maximum Gasteiger partial charge on any atom is 0.157 e. The molecule has 0 unspecified atom stereocenters. The minimum atomic E-state index is 0.534. The minimum absolute atomic E-state index is 0.534. The van der Waals surface area contributed by atoms with Crippen LogP contribution in [-0.2, 0) is 0 Å². The largest absolute Gasteiger partial charge is 0.394 e. The third-order valence-electron chi connectivity index (χ3n) is 2.32. The van der Waals surface area contributed by atoms with Crippen molar-refractivity contribution in [3.8, 4) is 0 Å². The van der Waals surface area contributed by atoms with Crippen molar-refractivity contribution >= 4 is 41.0 Å². The van der Waals surface area contributed by atoms with Gasteiger partial charge in [-0.25, -0.2) is 0 Å². The van der Waals surface area contributed by atoms with Crippen molar-refractivity contribution in [1.29, 1.82) is 0 Å². The summed E-state index contributed by atoms with van der Waals surface area (Å²) >= 11 is 11.8. The first-order valence-corrected chi connectivity index (χ1v) is 5.68. The molecule has 1 heterocycles. The van der Waals surface area contributed by atoms with Gasteiger partial charge in [-0.2, -0.15) is 0 Å². The van der Waals surface area contributed by atoms with E-state index in [2.05, 4.69) is 5.16 Å². The highest BCUT2D eigenvalue weighted by Crippen LogP contribution is 2.24. The van der Waals surface area contributed by atoms with Crippen LogP contribution in [-0.4, -0.2) is 5.16 Å². The molecule has 0 spiro atoms. The molecule has 17 heavy (non-hydrogen) atoms. The van der Waals surface area contributed by atoms with E-state index >= 15 is 0 Å². The van der Waals surface area contributed by atoms with E-state index in [0.717, 1.165) is 5.56 Å². The maximum atomic E-state index is 6.03. The Labute approximate surface area is 109 Å². The van der Waals surface area contributed by atoms with Gasteiger partial charge >= 0.3 is 0 Å². The molecule has 2 N–H and O–H groups in total. The molecule has 0 aliphatic heterocycles. The number of benzene rings is 1. The molecule has 2 rings (SSSR count). The van der Waals surface area contributed by atoms with E-state index in [1.54, 1.807) is 25.1 Å². The third-order valence-corrected chi connectivity index (χ3v) is 2.88. The molecule has 1 aromatic heterocycles. The number of hydrogen-bond donors (Lipinski definition) is 1. The Morgan fingerprint density at radius 1 is 1.29 bits per heavy atom. The highest BCUT2D eigenvalue weighted by Gasteiger charge is 2.05. The normalized spacial score (nSPS) is 11.2. The Balaban J connectivity index is 2.29. The van der Waals surface area contributed by atoms with E-state index in [1.807, 2.05) is 12.1 Å². The van der Waals surface area contributed by atoms with Crippen LogP contribution in [0, 0.1) is 6.92 Å². The monoisotopic (exact) mass is 268 g/mol. The van der Waals surface area contributed by atoms with Gasteiger partial charge < -0.3 is 10.3 Å². The molecule has 5 heteroatoms. The van der Waals surface area contributed by atoms with Crippen molar-refractivity contribution in [2.75, 3.05) is 5.73 Å². The summed E-state index contributed by atoms with van der Waals surface area (Å²) in [5, 5.41) is 5.00. The first-order valence-electron chi connectivity index (χ1n) is 4.93. The van der Waals surface area contributed by atoms with Gasteiger partial charge in [0, 0.05) is 10.0 Å². The van der Waals surface area contributed by atoms with Gasteiger partial charge in [-0.05, 0) is 30.7 Å². The average molecular weight is 269 g/mol. The highest BCUT2D eigenvalue weighted by molar-refractivity contribution is 6.35. The number of aryl methyl sites for hydroxylation is 1. The number of nitrogens with zero attached hydrogens (tertiary/aromatic N) is 1. The first-order chi connectivity index (χ1) is 8.08. The summed E-state index contributed by atoms with van der Waals surface area (Å²) in [6, 6.07) is 5.27. The fourth-order valence-electron chi connectivity index (χ4n) is 1.32. The van der Waals surface area contributed by atoms with E-state index in [-0.39, 0.29) is 0 Å². The van der Waals surface area contributed by atoms with Crippen LogP contribution >= 0.6 is 23.2 Å². The summed E-state index contributed by atoms with van der Waals surface area (Å²) in [7, 11) is 0. The molecule has 0 atom stereocenters. The van der Waals surface area contributed by atoms with Crippen molar-refractivity contribution in [2.24, 2.45) is 0 Å². The number of hydrogen-bond acceptors (Lipinski definition) is 3. The standard InChI is InChI=1S/C12H10Cl2N2O/c1-7-12(15)11(16-17-7)5-3-8-2-4-9(13)6-10(8)14/h2-6H,15H2,1H3. The molecule has 0 fully saturated rings. The predicted molar refractivity (Wildman–Crippen MR) is 71.0 cm³/mol. The fraction of sp³-hybridized carbons (Fsp3) is 0.0833. The van der Waals surface area contributed by atoms with Crippen LogP contribution in [0.2, 0.25) is 10.0 Å². The molecule has 2 aromatic rings. The number of nitrogens with two attached hydrogens (primary N) is 1. The van der Waals surface area contributed by atoms with Crippen LogP contribution in [0.4, 0.5) is 5.69 Å². The van der Waals surface area contributed by atoms with E-state index in [9.17, 15) is 0 Å². The number of halogens is 2. The SMILES string of the molecule is Cc1onc(C=Cc2ccc(Cl)cc2Cl)c1N. The summed E-state index contributed by atoms with van der Waals surface area (Å²) in [5.74, 6) is 0.604.